The SMILES string of the molecule is C[C@@H]1[C@H]2c3cc(NCc4ccccc4)ccc3C[C@@H](c3ccc(NCc4ccccc4)cc32)N1CC1CC1. The third kappa shape index (κ3) is 4.61. The summed E-state index contributed by atoms with van der Waals surface area (Å²) in [5.41, 5.74) is 11.2. The smallest absolute Gasteiger partial charge is 0.0400 e. The number of nitrogens with one attached hydrogen (secondary N) is 2. The van der Waals surface area contributed by atoms with Gasteiger partial charge in [0.1, 0.15) is 0 Å². The zero-order valence-electron chi connectivity index (χ0n) is 22.2. The number of fused-ring (bicyclic) bond motifs is 1. The molecule has 8 rings (SSSR count). The summed E-state index contributed by atoms with van der Waals surface area (Å²) in [5, 5.41) is 7.41. The highest BCUT2D eigenvalue weighted by Gasteiger charge is 2.44. The summed E-state index contributed by atoms with van der Waals surface area (Å²) in [4.78, 5) is 2.85. The predicted molar refractivity (Wildman–Crippen MR) is 158 cm³/mol. The van der Waals surface area contributed by atoms with Crippen LogP contribution in [0.15, 0.2) is 97.1 Å². The van der Waals surface area contributed by atoms with E-state index in [0.29, 0.717) is 18.0 Å². The number of nitrogens with zero attached hydrogens (tertiary/aromatic N) is 1. The molecule has 0 radical (unpaired) electrons. The van der Waals surface area contributed by atoms with Crippen LogP contribution in [0.5, 0.6) is 0 Å². The first kappa shape index (κ1) is 23.5. The standard InChI is InChI=1S/C35H37N3/c1-24-35-32-19-29(36-21-25-8-4-2-5-9-25)15-14-28(32)18-34(38(24)23-27-12-13-27)31-17-16-30(20-33(31)35)37-22-26-10-6-3-7-11-26/h2-11,14-17,19-20,24,27,34-37H,12-13,18,21-23H2,1H3/t24-,34+,35+/m1/s1. The zero-order chi connectivity index (χ0) is 25.5. The molecule has 1 saturated carbocycles. The molecular formula is C35H37N3. The van der Waals surface area contributed by atoms with E-state index < -0.39 is 0 Å². The Morgan fingerprint density at radius 1 is 0.684 bits per heavy atom. The van der Waals surface area contributed by atoms with Crippen molar-refractivity contribution in [1.82, 2.24) is 4.90 Å². The van der Waals surface area contributed by atoms with E-state index in [4.69, 9.17) is 0 Å². The molecule has 1 fully saturated rings. The molecule has 3 atom stereocenters. The molecule has 38 heavy (non-hydrogen) atoms. The van der Waals surface area contributed by atoms with Gasteiger partial charge in [-0.1, -0.05) is 72.8 Å². The quantitative estimate of drug-likeness (QED) is 0.259. The molecule has 0 spiro atoms. The average Bonchev–Trinajstić information content (AvgIpc) is 3.80. The van der Waals surface area contributed by atoms with E-state index in [0.717, 1.165) is 25.4 Å². The fourth-order valence-corrected chi connectivity index (χ4v) is 6.71. The third-order valence-corrected chi connectivity index (χ3v) is 8.93. The fraction of sp³-hybridized carbons (Fsp3) is 0.314. The molecule has 192 valence electrons. The van der Waals surface area contributed by atoms with E-state index in [9.17, 15) is 0 Å². The van der Waals surface area contributed by atoms with Crippen molar-refractivity contribution in [1.29, 1.82) is 0 Å². The summed E-state index contributed by atoms with van der Waals surface area (Å²) in [7, 11) is 0. The average molecular weight is 500 g/mol. The lowest BCUT2D eigenvalue weighted by atomic mass is 9.78. The minimum atomic E-state index is 0.384. The van der Waals surface area contributed by atoms with Gasteiger partial charge in [-0.3, -0.25) is 4.90 Å². The molecule has 4 aromatic carbocycles. The van der Waals surface area contributed by atoms with Gasteiger partial charge in [0.2, 0.25) is 0 Å². The van der Waals surface area contributed by atoms with E-state index in [1.165, 1.54) is 64.1 Å². The Labute approximate surface area is 226 Å². The van der Waals surface area contributed by atoms with E-state index in [2.05, 4.69) is 120 Å². The van der Waals surface area contributed by atoms with Crippen molar-refractivity contribution < 1.29 is 0 Å². The van der Waals surface area contributed by atoms with Crippen molar-refractivity contribution in [2.75, 3.05) is 17.2 Å². The number of rotatable bonds is 8. The number of hydrogen-bond donors (Lipinski definition) is 2. The van der Waals surface area contributed by atoms with Gasteiger partial charge in [-0.25, -0.2) is 0 Å². The van der Waals surface area contributed by atoms with Crippen LogP contribution in [-0.4, -0.2) is 17.5 Å². The zero-order valence-corrected chi connectivity index (χ0v) is 22.2. The highest BCUT2D eigenvalue weighted by Crippen LogP contribution is 2.51. The second kappa shape index (κ2) is 9.96. The van der Waals surface area contributed by atoms with Crippen LogP contribution >= 0.6 is 0 Å². The third-order valence-electron chi connectivity index (χ3n) is 8.93. The second-order valence-corrected chi connectivity index (χ2v) is 11.5. The minimum absolute atomic E-state index is 0.384. The van der Waals surface area contributed by atoms with Crippen molar-refractivity contribution >= 4 is 11.4 Å². The summed E-state index contributed by atoms with van der Waals surface area (Å²) in [5.74, 6) is 1.27. The Kier molecular flexibility index (Phi) is 6.17. The van der Waals surface area contributed by atoms with Crippen molar-refractivity contribution in [3.63, 3.8) is 0 Å². The Balaban J connectivity index is 1.23. The number of hydrogen-bond acceptors (Lipinski definition) is 3. The summed E-state index contributed by atoms with van der Waals surface area (Å²) in [6, 6.07) is 36.7. The lowest BCUT2D eigenvalue weighted by molar-refractivity contribution is 0.116. The Bertz CT molecular complexity index is 1410. The van der Waals surface area contributed by atoms with E-state index >= 15 is 0 Å². The Hall–Kier alpha value is -3.56. The second-order valence-electron chi connectivity index (χ2n) is 11.5. The highest BCUT2D eigenvalue weighted by atomic mass is 15.2. The highest BCUT2D eigenvalue weighted by molar-refractivity contribution is 5.60. The molecule has 4 aromatic rings. The van der Waals surface area contributed by atoms with Crippen LogP contribution in [0.2, 0.25) is 0 Å². The van der Waals surface area contributed by atoms with Gasteiger partial charge >= 0.3 is 0 Å². The molecule has 2 bridgehead atoms. The molecule has 2 aliphatic carbocycles. The molecule has 0 saturated heterocycles. The van der Waals surface area contributed by atoms with E-state index in [-0.39, 0.29) is 0 Å². The normalized spacial score (nSPS) is 21.9. The van der Waals surface area contributed by atoms with Gasteiger partial charge in [0.15, 0.2) is 0 Å². The maximum absolute atomic E-state index is 3.71. The first-order valence-corrected chi connectivity index (χ1v) is 14.3. The van der Waals surface area contributed by atoms with Gasteiger partial charge in [0.25, 0.3) is 0 Å². The summed E-state index contributed by atoms with van der Waals surface area (Å²) < 4.78 is 0. The van der Waals surface area contributed by atoms with Gasteiger partial charge in [-0.2, -0.15) is 0 Å². The van der Waals surface area contributed by atoms with E-state index in [1.807, 2.05) is 0 Å². The van der Waals surface area contributed by atoms with Gasteiger partial charge in [-0.15, -0.1) is 0 Å². The van der Waals surface area contributed by atoms with Gasteiger partial charge in [0.05, 0.1) is 0 Å². The maximum atomic E-state index is 3.71. The van der Waals surface area contributed by atoms with Crippen LogP contribution < -0.4 is 10.6 Å². The Morgan fingerprint density at radius 3 is 1.92 bits per heavy atom. The molecule has 0 unspecified atom stereocenters. The van der Waals surface area contributed by atoms with Gasteiger partial charge < -0.3 is 10.6 Å². The fourth-order valence-electron chi connectivity index (χ4n) is 6.71. The topological polar surface area (TPSA) is 27.3 Å². The Morgan fingerprint density at radius 2 is 1.29 bits per heavy atom. The molecule has 0 amide bonds. The summed E-state index contributed by atoms with van der Waals surface area (Å²) >= 11 is 0. The summed E-state index contributed by atoms with van der Waals surface area (Å²) in [6.07, 6.45) is 3.90. The lowest BCUT2D eigenvalue weighted by Gasteiger charge is -2.44. The van der Waals surface area contributed by atoms with Crippen LogP contribution in [0.4, 0.5) is 11.4 Å². The molecule has 3 heteroatoms. The van der Waals surface area contributed by atoms with Crippen molar-refractivity contribution in [2.24, 2.45) is 5.92 Å². The van der Waals surface area contributed by atoms with Gasteiger partial charge in [-0.05, 0) is 89.8 Å². The predicted octanol–water partition coefficient (Wildman–Crippen LogP) is 7.75. The molecule has 3 nitrogen and oxygen atoms in total. The van der Waals surface area contributed by atoms with Crippen LogP contribution in [-0.2, 0) is 19.5 Å². The van der Waals surface area contributed by atoms with Gasteiger partial charge in [0, 0.05) is 49.0 Å². The first-order chi connectivity index (χ1) is 18.7. The van der Waals surface area contributed by atoms with Crippen molar-refractivity contribution in [3.8, 4) is 0 Å². The molecule has 4 aliphatic rings. The van der Waals surface area contributed by atoms with Crippen LogP contribution in [0, 0.1) is 5.92 Å². The van der Waals surface area contributed by atoms with E-state index in [1.54, 1.807) is 0 Å². The molecule has 2 heterocycles. The number of anilines is 2. The minimum Gasteiger partial charge on any atom is -0.381 e. The van der Waals surface area contributed by atoms with Crippen LogP contribution in [0.1, 0.15) is 65.1 Å². The number of benzene rings is 4. The molecule has 2 aliphatic heterocycles. The first-order valence-electron chi connectivity index (χ1n) is 14.3. The molecule has 0 aromatic heterocycles. The van der Waals surface area contributed by atoms with Crippen molar-refractivity contribution in [2.45, 2.75) is 57.3 Å². The monoisotopic (exact) mass is 499 g/mol. The van der Waals surface area contributed by atoms with Crippen LogP contribution in [0.3, 0.4) is 0 Å². The van der Waals surface area contributed by atoms with Crippen molar-refractivity contribution in [3.05, 3.63) is 130 Å². The molecule has 2 N–H and O–H groups in total. The largest absolute Gasteiger partial charge is 0.381 e. The maximum Gasteiger partial charge on any atom is 0.0400 e. The molecular weight excluding hydrogens is 462 g/mol. The summed E-state index contributed by atoms with van der Waals surface area (Å²) in [6.45, 7) is 5.41. The van der Waals surface area contributed by atoms with Crippen LogP contribution in [0.25, 0.3) is 0 Å². The lowest BCUT2D eigenvalue weighted by Crippen LogP contribution is -2.45.